The van der Waals surface area contributed by atoms with Crippen LogP contribution in [0.1, 0.15) is 52.3 Å². The maximum absolute atomic E-state index is 9.68. The summed E-state index contributed by atoms with van der Waals surface area (Å²) in [5.41, 5.74) is 1.85. The molecule has 0 radical (unpaired) electrons. The van der Waals surface area contributed by atoms with Gasteiger partial charge in [0.05, 0.1) is 45.2 Å². The number of fused-ring (bicyclic) bond motifs is 1. The minimum absolute atomic E-state index is 0.0276. The first kappa shape index (κ1) is 29.0. The number of hydrogen-bond donors (Lipinski definition) is 1. The van der Waals surface area contributed by atoms with Crippen LogP contribution in [-0.4, -0.2) is 72.3 Å². The number of hydrogen-bond acceptors (Lipinski definition) is 9. The standard InChI is InChI=1S/C27H41N7O4Si/c1-19(18-35-5)34-21(15-28)14-20-16-29-26(31-24(20)34)30-23-17-33(10-13-37-39(6,7)27(2,3)4)32-25(23)38-22-8-11-36-12-9-22/h14,16-17,19,22H,8-13,18H2,1-7H3,(H,29,30,31)/t19-/m0/s1. The fraction of sp³-hybridized carbons (Fsp3) is 0.630. The summed E-state index contributed by atoms with van der Waals surface area (Å²) in [6, 6.07) is 3.99. The van der Waals surface area contributed by atoms with Gasteiger partial charge < -0.3 is 28.5 Å². The number of rotatable bonds is 11. The van der Waals surface area contributed by atoms with Crippen molar-refractivity contribution in [2.75, 3.05) is 38.9 Å². The van der Waals surface area contributed by atoms with Crippen molar-refractivity contribution in [2.45, 2.75) is 77.4 Å². The molecule has 0 spiro atoms. The summed E-state index contributed by atoms with van der Waals surface area (Å²) in [7, 11) is -0.222. The van der Waals surface area contributed by atoms with Gasteiger partial charge in [0, 0.05) is 31.5 Å². The zero-order valence-corrected chi connectivity index (χ0v) is 25.2. The van der Waals surface area contributed by atoms with E-state index in [9.17, 15) is 5.26 Å². The molecule has 4 rings (SSSR count). The Kier molecular flexibility index (Phi) is 8.95. The van der Waals surface area contributed by atoms with Crippen LogP contribution in [0.4, 0.5) is 11.6 Å². The summed E-state index contributed by atoms with van der Waals surface area (Å²) in [5.74, 6) is 0.892. The fourth-order valence-corrected chi connectivity index (χ4v) is 5.32. The third kappa shape index (κ3) is 6.78. The van der Waals surface area contributed by atoms with Crippen molar-refractivity contribution in [1.29, 1.82) is 5.26 Å². The molecule has 4 heterocycles. The average molecular weight is 556 g/mol. The van der Waals surface area contributed by atoms with E-state index >= 15 is 0 Å². The highest BCUT2D eigenvalue weighted by atomic mass is 28.4. The average Bonchev–Trinajstić information content (AvgIpc) is 3.44. The molecule has 0 amide bonds. The Balaban J connectivity index is 1.59. The number of methoxy groups -OCH3 is 1. The number of anilines is 2. The van der Waals surface area contributed by atoms with Crippen LogP contribution in [0.15, 0.2) is 18.5 Å². The van der Waals surface area contributed by atoms with E-state index in [1.165, 1.54) is 0 Å². The Morgan fingerprint density at radius 2 is 2.03 bits per heavy atom. The second-order valence-electron chi connectivity index (χ2n) is 11.6. The van der Waals surface area contributed by atoms with Gasteiger partial charge in [-0.25, -0.2) is 4.98 Å². The summed E-state index contributed by atoms with van der Waals surface area (Å²) >= 11 is 0. The fourth-order valence-electron chi connectivity index (χ4n) is 4.29. The molecule has 12 heteroatoms. The molecule has 1 atom stereocenters. The molecule has 1 N–H and O–H groups in total. The van der Waals surface area contributed by atoms with E-state index in [0.717, 1.165) is 18.2 Å². The summed E-state index contributed by atoms with van der Waals surface area (Å²) in [6.07, 6.45) is 5.28. The van der Waals surface area contributed by atoms with Gasteiger partial charge in [-0.05, 0) is 31.1 Å². The lowest BCUT2D eigenvalue weighted by Gasteiger charge is -2.36. The highest BCUT2D eigenvalue weighted by Gasteiger charge is 2.37. The highest BCUT2D eigenvalue weighted by Crippen LogP contribution is 2.36. The normalized spacial score (nSPS) is 15.8. The Morgan fingerprint density at radius 3 is 2.69 bits per heavy atom. The van der Waals surface area contributed by atoms with E-state index in [4.69, 9.17) is 28.7 Å². The van der Waals surface area contributed by atoms with Crippen molar-refractivity contribution < 1.29 is 18.6 Å². The smallest absolute Gasteiger partial charge is 0.257 e. The summed E-state index contributed by atoms with van der Waals surface area (Å²) in [5, 5.41) is 18.7. The molecule has 212 valence electrons. The molecule has 0 bridgehead atoms. The van der Waals surface area contributed by atoms with Crippen molar-refractivity contribution in [1.82, 2.24) is 24.3 Å². The zero-order valence-electron chi connectivity index (χ0n) is 24.2. The number of ether oxygens (including phenoxy) is 3. The minimum atomic E-state index is -1.87. The molecule has 0 unspecified atom stereocenters. The maximum atomic E-state index is 9.68. The quantitative estimate of drug-likeness (QED) is 0.325. The van der Waals surface area contributed by atoms with Crippen LogP contribution >= 0.6 is 0 Å². The lowest BCUT2D eigenvalue weighted by Crippen LogP contribution is -2.41. The summed E-state index contributed by atoms with van der Waals surface area (Å²) < 4.78 is 27.2. The first-order chi connectivity index (χ1) is 18.5. The predicted octanol–water partition coefficient (Wildman–Crippen LogP) is 5.03. The first-order valence-electron chi connectivity index (χ1n) is 13.5. The molecule has 1 fully saturated rings. The SMILES string of the molecule is COC[C@H](C)n1c(C#N)cc2cnc(Nc3cn(CCO[Si](C)(C)C(C)(C)C)nc3OC3CCOCC3)nc21. The molecule has 1 saturated heterocycles. The van der Waals surface area contributed by atoms with Gasteiger partial charge in [0.25, 0.3) is 5.88 Å². The van der Waals surface area contributed by atoms with E-state index in [-0.39, 0.29) is 17.2 Å². The lowest BCUT2D eigenvalue weighted by atomic mass is 10.1. The molecule has 1 aliphatic heterocycles. The molecule has 11 nitrogen and oxygen atoms in total. The monoisotopic (exact) mass is 555 g/mol. The Labute approximate surface area is 231 Å². The van der Waals surface area contributed by atoms with Gasteiger partial charge >= 0.3 is 0 Å². The zero-order chi connectivity index (χ0) is 28.2. The molecular formula is C27H41N7O4Si. The first-order valence-corrected chi connectivity index (χ1v) is 16.4. The minimum Gasteiger partial charge on any atom is -0.472 e. The van der Waals surface area contributed by atoms with Gasteiger partial charge in [0.1, 0.15) is 29.2 Å². The molecule has 0 saturated carbocycles. The van der Waals surface area contributed by atoms with Crippen molar-refractivity contribution in [2.24, 2.45) is 0 Å². The van der Waals surface area contributed by atoms with Gasteiger partial charge in [-0.15, -0.1) is 5.10 Å². The second kappa shape index (κ2) is 12.0. The van der Waals surface area contributed by atoms with E-state index in [1.807, 2.05) is 22.4 Å². The number of aromatic nitrogens is 5. The number of nitrogens with one attached hydrogen (secondary N) is 1. The maximum Gasteiger partial charge on any atom is 0.257 e. The van der Waals surface area contributed by atoms with E-state index in [2.05, 4.69) is 50.2 Å². The Morgan fingerprint density at radius 1 is 1.28 bits per heavy atom. The topological polar surface area (TPSA) is 121 Å². The van der Waals surface area contributed by atoms with E-state index < -0.39 is 8.32 Å². The number of nitriles is 1. The highest BCUT2D eigenvalue weighted by molar-refractivity contribution is 6.74. The van der Waals surface area contributed by atoms with Crippen LogP contribution in [0.2, 0.25) is 18.1 Å². The Hall–Kier alpha value is -2.98. The van der Waals surface area contributed by atoms with Crippen LogP contribution in [0.25, 0.3) is 11.0 Å². The van der Waals surface area contributed by atoms with Gasteiger partial charge in [-0.2, -0.15) is 10.2 Å². The third-order valence-electron chi connectivity index (χ3n) is 7.55. The second-order valence-corrected chi connectivity index (χ2v) is 16.4. The predicted molar refractivity (Wildman–Crippen MR) is 152 cm³/mol. The van der Waals surface area contributed by atoms with Gasteiger partial charge in [0.2, 0.25) is 5.95 Å². The number of nitrogens with zero attached hydrogens (tertiary/aromatic N) is 6. The molecule has 3 aromatic rings. The molecule has 3 aromatic heterocycles. The van der Waals surface area contributed by atoms with Crippen LogP contribution in [0, 0.1) is 11.3 Å². The van der Waals surface area contributed by atoms with Crippen molar-refractivity contribution >= 4 is 31.0 Å². The van der Waals surface area contributed by atoms with Crippen LogP contribution in [0.3, 0.4) is 0 Å². The van der Waals surface area contributed by atoms with E-state index in [1.54, 1.807) is 19.4 Å². The van der Waals surface area contributed by atoms with Crippen molar-refractivity contribution in [3.8, 4) is 11.9 Å². The third-order valence-corrected chi connectivity index (χ3v) is 12.1. The van der Waals surface area contributed by atoms with Crippen molar-refractivity contribution in [3.63, 3.8) is 0 Å². The van der Waals surface area contributed by atoms with Crippen LogP contribution in [0.5, 0.6) is 5.88 Å². The molecular weight excluding hydrogens is 514 g/mol. The van der Waals surface area contributed by atoms with Gasteiger partial charge in [-0.1, -0.05) is 20.8 Å². The molecule has 0 aliphatic carbocycles. The molecule has 1 aliphatic rings. The largest absolute Gasteiger partial charge is 0.472 e. The summed E-state index contributed by atoms with van der Waals surface area (Å²) in [4.78, 5) is 9.27. The Bertz CT molecular complexity index is 1300. The summed E-state index contributed by atoms with van der Waals surface area (Å²) in [6.45, 7) is 16.2. The molecule has 0 aromatic carbocycles. The lowest BCUT2D eigenvalue weighted by molar-refractivity contribution is 0.0237. The van der Waals surface area contributed by atoms with Crippen molar-refractivity contribution in [3.05, 3.63) is 24.2 Å². The van der Waals surface area contributed by atoms with E-state index in [0.29, 0.717) is 61.8 Å². The van der Waals surface area contributed by atoms with Crippen LogP contribution in [-0.2, 0) is 20.4 Å². The van der Waals surface area contributed by atoms with Gasteiger partial charge in [0.15, 0.2) is 8.32 Å². The van der Waals surface area contributed by atoms with Crippen LogP contribution < -0.4 is 10.1 Å². The molecule has 39 heavy (non-hydrogen) atoms. The van der Waals surface area contributed by atoms with Gasteiger partial charge in [-0.3, -0.25) is 4.68 Å².